The van der Waals surface area contributed by atoms with Gasteiger partial charge in [-0.2, -0.15) is 0 Å². The number of nitrogens with zero attached hydrogens (tertiary/aromatic N) is 2. The smallest absolute Gasteiger partial charge is 0.432 e. The number of nitro groups is 2. The van der Waals surface area contributed by atoms with Crippen molar-refractivity contribution in [3.05, 3.63) is 62.7 Å². The molecule has 2 aromatic rings. The third-order valence-corrected chi connectivity index (χ3v) is 3.10. The largest absolute Gasteiger partial charge is 0.513 e. The number of hydrogen-bond acceptors (Lipinski definition) is 9. The van der Waals surface area contributed by atoms with Gasteiger partial charge in [-0.15, -0.1) is 0 Å². The van der Waals surface area contributed by atoms with E-state index >= 15 is 0 Å². The third-order valence-electron chi connectivity index (χ3n) is 3.10. The van der Waals surface area contributed by atoms with Crippen molar-refractivity contribution in [1.82, 2.24) is 0 Å². The van der Waals surface area contributed by atoms with Crippen molar-refractivity contribution in [2.75, 3.05) is 24.2 Å². The van der Waals surface area contributed by atoms with Crippen molar-refractivity contribution in [2.24, 2.45) is 0 Å². The van der Waals surface area contributed by atoms with Gasteiger partial charge in [-0.25, -0.2) is 4.79 Å². The van der Waals surface area contributed by atoms with Gasteiger partial charge in [0.1, 0.15) is 18.0 Å². The summed E-state index contributed by atoms with van der Waals surface area (Å²) in [5, 5.41) is 24.2. The second-order valence-corrected chi connectivity index (χ2v) is 4.91. The molecule has 11 heteroatoms. The van der Waals surface area contributed by atoms with Crippen LogP contribution in [0.4, 0.5) is 27.5 Å². The van der Waals surface area contributed by atoms with E-state index in [1.165, 1.54) is 42.5 Å². The number of hydrogen-bond donors (Lipinski definition) is 2. The summed E-state index contributed by atoms with van der Waals surface area (Å²) < 4.78 is 9.66. The van der Waals surface area contributed by atoms with E-state index in [0.29, 0.717) is 0 Å². The number of nitrogens with one attached hydrogen (secondary N) is 1. The van der Waals surface area contributed by atoms with Crippen LogP contribution in [0.1, 0.15) is 0 Å². The summed E-state index contributed by atoms with van der Waals surface area (Å²) >= 11 is 0. The van der Waals surface area contributed by atoms with Gasteiger partial charge in [0.2, 0.25) is 0 Å². The van der Waals surface area contributed by atoms with Gasteiger partial charge in [-0.3, -0.25) is 20.2 Å². The molecule has 0 unspecified atom stereocenters. The second-order valence-electron chi connectivity index (χ2n) is 4.91. The lowest BCUT2D eigenvalue weighted by Gasteiger charge is -2.09. The zero-order valence-electron chi connectivity index (χ0n) is 13.3. The molecule has 0 radical (unpaired) electrons. The van der Waals surface area contributed by atoms with Crippen molar-refractivity contribution in [3.8, 4) is 5.75 Å². The fourth-order valence-electron chi connectivity index (χ4n) is 1.93. The number of nitrogens with two attached hydrogens (primary N) is 1. The summed E-state index contributed by atoms with van der Waals surface area (Å²) in [5.74, 6) is 0.0859. The quantitative estimate of drug-likeness (QED) is 0.188. The minimum Gasteiger partial charge on any atom is -0.432 e. The predicted molar refractivity (Wildman–Crippen MR) is 91.1 cm³/mol. The van der Waals surface area contributed by atoms with Gasteiger partial charge in [0.15, 0.2) is 0 Å². The van der Waals surface area contributed by atoms with Crippen molar-refractivity contribution in [1.29, 1.82) is 0 Å². The number of ether oxygens (including phenoxy) is 2. The fourth-order valence-corrected chi connectivity index (χ4v) is 1.93. The third kappa shape index (κ3) is 5.06. The number of benzene rings is 2. The summed E-state index contributed by atoms with van der Waals surface area (Å²) in [5.41, 5.74) is 5.66. The molecule has 11 nitrogen and oxygen atoms in total. The van der Waals surface area contributed by atoms with E-state index in [0.717, 1.165) is 0 Å². The lowest BCUT2D eigenvalue weighted by atomic mass is 10.2. The average Bonchev–Trinajstić information content (AvgIpc) is 2.60. The highest BCUT2D eigenvalue weighted by Gasteiger charge is 2.14. The number of rotatable bonds is 7. The number of non-ortho nitro benzene ring substituents is 1. The van der Waals surface area contributed by atoms with Crippen LogP contribution in [0.5, 0.6) is 5.75 Å². The van der Waals surface area contributed by atoms with Crippen LogP contribution < -0.4 is 15.8 Å². The van der Waals surface area contributed by atoms with E-state index in [-0.39, 0.29) is 41.7 Å². The average molecular weight is 362 g/mol. The summed E-state index contributed by atoms with van der Waals surface area (Å²) in [6.07, 6.45) is -1.01. The topological polar surface area (TPSA) is 160 Å². The van der Waals surface area contributed by atoms with Gasteiger partial charge in [0, 0.05) is 30.4 Å². The molecule has 0 aliphatic heterocycles. The van der Waals surface area contributed by atoms with Crippen LogP contribution >= 0.6 is 0 Å². The van der Waals surface area contributed by atoms with Gasteiger partial charge < -0.3 is 20.5 Å². The van der Waals surface area contributed by atoms with Gasteiger partial charge in [0.05, 0.1) is 9.85 Å². The number of nitrogen functional groups attached to an aromatic ring is 1. The van der Waals surface area contributed by atoms with Crippen molar-refractivity contribution >= 4 is 28.9 Å². The van der Waals surface area contributed by atoms with Crippen LogP contribution in [-0.4, -0.2) is 29.2 Å². The lowest BCUT2D eigenvalue weighted by Crippen LogP contribution is -2.17. The van der Waals surface area contributed by atoms with Crippen molar-refractivity contribution in [3.63, 3.8) is 0 Å². The van der Waals surface area contributed by atoms with E-state index in [1.54, 1.807) is 0 Å². The first-order valence-electron chi connectivity index (χ1n) is 7.23. The first-order chi connectivity index (χ1) is 12.4. The fraction of sp³-hybridized carbons (Fsp3) is 0.133. The number of anilines is 2. The maximum absolute atomic E-state index is 11.5. The molecule has 3 N–H and O–H groups in total. The maximum Gasteiger partial charge on any atom is 0.513 e. The highest BCUT2D eigenvalue weighted by molar-refractivity contribution is 5.67. The number of nitro benzene ring substituents is 2. The van der Waals surface area contributed by atoms with E-state index in [2.05, 4.69) is 5.32 Å². The summed E-state index contributed by atoms with van der Waals surface area (Å²) in [6, 6.07) is 9.05. The molecule has 0 spiro atoms. The van der Waals surface area contributed by atoms with Gasteiger partial charge >= 0.3 is 6.16 Å². The zero-order chi connectivity index (χ0) is 19.1. The minimum atomic E-state index is -1.01. The Morgan fingerprint density at radius 2 is 1.77 bits per heavy atom. The van der Waals surface area contributed by atoms with Gasteiger partial charge in [-0.05, 0) is 24.3 Å². The molecular weight excluding hydrogens is 348 g/mol. The highest BCUT2D eigenvalue weighted by atomic mass is 16.7. The molecule has 0 bridgehead atoms. The predicted octanol–water partition coefficient (Wildman–Crippen LogP) is 2.71. The Kier molecular flexibility index (Phi) is 5.88. The molecule has 0 aliphatic rings. The van der Waals surface area contributed by atoms with E-state index in [9.17, 15) is 25.0 Å². The molecule has 0 aliphatic carbocycles. The van der Waals surface area contributed by atoms with Crippen LogP contribution in [0.25, 0.3) is 0 Å². The molecule has 136 valence electrons. The number of carbonyl (C=O) groups is 1. The van der Waals surface area contributed by atoms with Crippen molar-refractivity contribution in [2.45, 2.75) is 0 Å². The van der Waals surface area contributed by atoms with E-state index < -0.39 is 16.0 Å². The van der Waals surface area contributed by atoms with Crippen LogP contribution in [0.3, 0.4) is 0 Å². The molecule has 0 aromatic heterocycles. The van der Waals surface area contributed by atoms with Crippen LogP contribution in [-0.2, 0) is 4.74 Å². The summed E-state index contributed by atoms with van der Waals surface area (Å²) in [7, 11) is 0. The molecule has 0 saturated heterocycles. The Balaban J connectivity index is 1.80. The van der Waals surface area contributed by atoms with Crippen LogP contribution in [0.15, 0.2) is 42.5 Å². The second kappa shape index (κ2) is 8.28. The SMILES string of the molecule is Nc1ccc(NCCOC(=O)Oc2ccc([N+](=O)[O-])cc2)c([N+](=O)[O-])c1. The first-order valence-corrected chi connectivity index (χ1v) is 7.23. The molecule has 0 amide bonds. The molecule has 0 atom stereocenters. The van der Waals surface area contributed by atoms with Crippen LogP contribution in [0, 0.1) is 20.2 Å². The Hall–Kier alpha value is -3.89. The van der Waals surface area contributed by atoms with E-state index in [1.807, 2.05) is 0 Å². The first kappa shape index (κ1) is 18.4. The minimum absolute atomic E-state index is 0.0859. The lowest BCUT2D eigenvalue weighted by molar-refractivity contribution is -0.384. The number of carbonyl (C=O) groups excluding carboxylic acids is 1. The maximum atomic E-state index is 11.5. The Morgan fingerprint density at radius 1 is 1.08 bits per heavy atom. The Bertz CT molecular complexity index is 823. The standard InChI is InChI=1S/C15H14N4O7/c16-10-1-6-13(14(9-10)19(23)24)17-7-8-25-15(20)26-12-4-2-11(3-5-12)18(21)22/h1-6,9,17H,7-8,16H2. The molecule has 0 heterocycles. The Labute approximate surface area is 146 Å². The van der Waals surface area contributed by atoms with Crippen molar-refractivity contribution < 1.29 is 24.1 Å². The zero-order valence-corrected chi connectivity index (χ0v) is 13.3. The molecular formula is C15H14N4O7. The monoisotopic (exact) mass is 362 g/mol. The summed E-state index contributed by atoms with van der Waals surface area (Å²) in [4.78, 5) is 31.8. The Morgan fingerprint density at radius 3 is 2.38 bits per heavy atom. The molecule has 2 rings (SSSR count). The molecule has 0 fully saturated rings. The van der Waals surface area contributed by atoms with Gasteiger partial charge in [0.25, 0.3) is 11.4 Å². The summed E-state index contributed by atoms with van der Waals surface area (Å²) in [6.45, 7) is -0.0204. The van der Waals surface area contributed by atoms with Gasteiger partial charge in [-0.1, -0.05) is 0 Å². The highest BCUT2D eigenvalue weighted by Crippen LogP contribution is 2.26. The molecule has 0 saturated carbocycles. The molecule has 2 aromatic carbocycles. The normalized spacial score (nSPS) is 10.0. The van der Waals surface area contributed by atoms with E-state index in [4.69, 9.17) is 15.2 Å². The molecule has 26 heavy (non-hydrogen) atoms. The van der Waals surface area contributed by atoms with Crippen LogP contribution in [0.2, 0.25) is 0 Å².